The Labute approximate surface area is 125 Å². The average Bonchev–Trinajstić information content (AvgIpc) is 2.78. The van der Waals surface area contributed by atoms with Crippen molar-refractivity contribution in [2.24, 2.45) is 13.0 Å². The number of hydrogen-bond acceptors (Lipinski definition) is 3. The van der Waals surface area contributed by atoms with E-state index < -0.39 is 4.92 Å². The Balaban J connectivity index is 1.93. The minimum absolute atomic E-state index is 0.0594. The summed E-state index contributed by atoms with van der Waals surface area (Å²) in [5, 5.41) is 13.6. The monoisotopic (exact) mass is 343 g/mol. The molecule has 1 aliphatic carbocycles. The minimum Gasteiger partial charge on any atom is -0.350 e. The van der Waals surface area contributed by atoms with Crippen LogP contribution in [0.15, 0.2) is 12.3 Å². The van der Waals surface area contributed by atoms with Gasteiger partial charge in [0.05, 0.1) is 11.1 Å². The molecule has 1 amide bonds. The van der Waals surface area contributed by atoms with Crippen LogP contribution in [0.5, 0.6) is 0 Å². The van der Waals surface area contributed by atoms with Gasteiger partial charge >= 0.3 is 0 Å². The van der Waals surface area contributed by atoms with E-state index in [4.69, 9.17) is 0 Å². The number of nitrogens with zero attached hydrogens (tertiary/aromatic N) is 2. The van der Waals surface area contributed by atoms with Gasteiger partial charge < -0.3 is 9.88 Å². The van der Waals surface area contributed by atoms with E-state index in [2.05, 4.69) is 21.2 Å². The van der Waals surface area contributed by atoms with Crippen molar-refractivity contribution in [1.82, 2.24) is 9.88 Å². The Kier molecular flexibility index (Phi) is 4.80. The number of aromatic nitrogens is 1. The summed E-state index contributed by atoms with van der Waals surface area (Å²) in [4.78, 5) is 22.8. The fourth-order valence-corrected chi connectivity index (χ4v) is 3.46. The van der Waals surface area contributed by atoms with Crippen LogP contribution in [0.25, 0.3) is 0 Å². The van der Waals surface area contributed by atoms with E-state index in [1.54, 1.807) is 7.05 Å². The summed E-state index contributed by atoms with van der Waals surface area (Å²) in [5.41, 5.74) is 0.263. The molecule has 2 unspecified atom stereocenters. The van der Waals surface area contributed by atoms with Crippen molar-refractivity contribution in [1.29, 1.82) is 0 Å². The van der Waals surface area contributed by atoms with Crippen LogP contribution >= 0.6 is 15.9 Å². The van der Waals surface area contributed by atoms with E-state index in [0.29, 0.717) is 23.0 Å². The lowest BCUT2D eigenvalue weighted by Crippen LogP contribution is -2.32. The van der Waals surface area contributed by atoms with Crippen molar-refractivity contribution in [3.05, 3.63) is 28.1 Å². The summed E-state index contributed by atoms with van der Waals surface area (Å²) in [7, 11) is 1.64. The molecule has 1 fully saturated rings. The maximum atomic E-state index is 12.1. The second kappa shape index (κ2) is 6.39. The standard InChI is InChI=1S/C13H18BrN3O3/c1-16-8-11(17(19)20)6-12(16)13(18)15-7-9-3-2-4-10(14)5-9/h6,8-10H,2-5,7H2,1H3,(H,15,18). The quantitative estimate of drug-likeness (QED) is 0.518. The second-order valence-electron chi connectivity index (χ2n) is 5.29. The number of hydrogen-bond donors (Lipinski definition) is 1. The summed E-state index contributed by atoms with van der Waals surface area (Å²) in [6, 6.07) is 1.31. The second-order valence-corrected chi connectivity index (χ2v) is 6.59. The van der Waals surface area contributed by atoms with Crippen molar-refractivity contribution in [3.8, 4) is 0 Å². The van der Waals surface area contributed by atoms with Crippen LogP contribution in [0.4, 0.5) is 5.69 Å². The van der Waals surface area contributed by atoms with Crippen molar-refractivity contribution in [3.63, 3.8) is 0 Å². The van der Waals surface area contributed by atoms with Gasteiger partial charge in [0.15, 0.2) is 0 Å². The number of halogens is 1. The number of nitro groups is 1. The third kappa shape index (κ3) is 3.59. The van der Waals surface area contributed by atoms with Gasteiger partial charge in [0.2, 0.25) is 0 Å². The van der Waals surface area contributed by atoms with Crippen LogP contribution in [0.1, 0.15) is 36.2 Å². The molecule has 6 nitrogen and oxygen atoms in total. The molecule has 0 aliphatic heterocycles. The Morgan fingerprint density at radius 1 is 1.60 bits per heavy atom. The predicted octanol–water partition coefficient (Wildman–Crippen LogP) is 2.62. The van der Waals surface area contributed by atoms with Gasteiger partial charge in [-0.1, -0.05) is 22.4 Å². The topological polar surface area (TPSA) is 77.2 Å². The normalized spacial score (nSPS) is 22.5. The van der Waals surface area contributed by atoms with Crippen molar-refractivity contribution < 1.29 is 9.72 Å². The lowest BCUT2D eigenvalue weighted by Gasteiger charge is -2.25. The summed E-state index contributed by atoms with van der Waals surface area (Å²) < 4.78 is 1.49. The SMILES string of the molecule is Cn1cc([N+](=O)[O-])cc1C(=O)NCC1CCCC(Br)C1. The highest BCUT2D eigenvalue weighted by molar-refractivity contribution is 9.09. The Morgan fingerprint density at radius 2 is 2.35 bits per heavy atom. The molecule has 1 aromatic heterocycles. The highest BCUT2D eigenvalue weighted by atomic mass is 79.9. The first kappa shape index (κ1) is 15.0. The molecule has 20 heavy (non-hydrogen) atoms. The molecule has 0 radical (unpaired) electrons. The van der Waals surface area contributed by atoms with Crippen LogP contribution < -0.4 is 5.32 Å². The highest BCUT2D eigenvalue weighted by Crippen LogP contribution is 2.28. The number of aryl methyl sites for hydroxylation is 1. The van der Waals surface area contributed by atoms with Gasteiger partial charge in [-0.25, -0.2) is 0 Å². The third-order valence-corrected chi connectivity index (χ3v) is 4.54. The largest absolute Gasteiger partial charge is 0.350 e. The fourth-order valence-electron chi connectivity index (χ4n) is 2.61. The molecule has 0 spiro atoms. The van der Waals surface area contributed by atoms with Crippen molar-refractivity contribution in [2.45, 2.75) is 30.5 Å². The van der Waals surface area contributed by atoms with E-state index >= 15 is 0 Å². The molecule has 110 valence electrons. The van der Waals surface area contributed by atoms with Crippen LogP contribution in [0.3, 0.4) is 0 Å². The molecule has 1 N–H and O–H groups in total. The predicted molar refractivity (Wildman–Crippen MR) is 79.1 cm³/mol. The number of amides is 1. The van der Waals surface area contributed by atoms with Gasteiger partial charge in [0.25, 0.3) is 11.6 Å². The molecule has 1 saturated carbocycles. The van der Waals surface area contributed by atoms with Crippen LogP contribution in [0.2, 0.25) is 0 Å². The first-order valence-electron chi connectivity index (χ1n) is 6.70. The number of rotatable bonds is 4. The van der Waals surface area contributed by atoms with Crippen LogP contribution in [0, 0.1) is 16.0 Å². The molecule has 1 aromatic rings. The van der Waals surface area contributed by atoms with E-state index in [1.165, 1.54) is 29.7 Å². The minimum atomic E-state index is -0.493. The van der Waals surface area contributed by atoms with Gasteiger partial charge in [-0.2, -0.15) is 0 Å². The molecular formula is C13H18BrN3O3. The lowest BCUT2D eigenvalue weighted by molar-refractivity contribution is -0.384. The summed E-state index contributed by atoms with van der Waals surface area (Å²) >= 11 is 3.62. The Bertz CT molecular complexity index is 515. The average molecular weight is 344 g/mol. The van der Waals surface area contributed by atoms with E-state index in [1.807, 2.05) is 0 Å². The first-order chi connectivity index (χ1) is 9.47. The zero-order valence-electron chi connectivity index (χ0n) is 11.3. The summed E-state index contributed by atoms with van der Waals surface area (Å²) in [6.07, 6.45) is 5.90. The molecule has 0 aromatic carbocycles. The lowest BCUT2D eigenvalue weighted by atomic mass is 9.89. The molecule has 7 heteroatoms. The number of carbonyl (C=O) groups excluding carboxylic acids is 1. The maximum Gasteiger partial charge on any atom is 0.287 e. The molecular weight excluding hydrogens is 326 g/mol. The van der Waals surface area contributed by atoms with Crippen LogP contribution in [-0.2, 0) is 7.05 Å². The summed E-state index contributed by atoms with van der Waals surface area (Å²) in [5.74, 6) is 0.227. The van der Waals surface area contributed by atoms with Crippen LogP contribution in [-0.4, -0.2) is 26.8 Å². The molecule has 1 heterocycles. The summed E-state index contributed by atoms with van der Waals surface area (Å²) in [6.45, 7) is 0.625. The van der Waals surface area contributed by atoms with Crippen molar-refractivity contribution >= 4 is 27.5 Å². The zero-order valence-corrected chi connectivity index (χ0v) is 12.9. The van der Waals surface area contributed by atoms with E-state index in [-0.39, 0.29) is 11.6 Å². The number of carbonyl (C=O) groups is 1. The number of nitrogens with one attached hydrogen (secondary N) is 1. The van der Waals surface area contributed by atoms with E-state index in [0.717, 1.165) is 12.8 Å². The third-order valence-electron chi connectivity index (χ3n) is 3.70. The molecule has 0 saturated heterocycles. The Morgan fingerprint density at radius 3 is 2.95 bits per heavy atom. The first-order valence-corrected chi connectivity index (χ1v) is 7.62. The van der Waals surface area contributed by atoms with Gasteiger partial charge in [0, 0.05) is 24.5 Å². The van der Waals surface area contributed by atoms with E-state index in [9.17, 15) is 14.9 Å². The van der Waals surface area contributed by atoms with Crippen molar-refractivity contribution in [2.75, 3.05) is 6.54 Å². The molecule has 2 atom stereocenters. The molecule has 2 rings (SSSR count). The highest BCUT2D eigenvalue weighted by Gasteiger charge is 2.22. The fraction of sp³-hybridized carbons (Fsp3) is 0.615. The van der Waals surface area contributed by atoms with Gasteiger partial charge in [-0.15, -0.1) is 0 Å². The number of alkyl halides is 1. The van der Waals surface area contributed by atoms with Gasteiger partial charge in [-0.3, -0.25) is 14.9 Å². The zero-order chi connectivity index (χ0) is 14.7. The maximum absolute atomic E-state index is 12.1. The Hall–Kier alpha value is -1.37. The molecule has 0 bridgehead atoms. The van der Waals surface area contributed by atoms with Gasteiger partial charge in [-0.05, 0) is 25.2 Å². The smallest absolute Gasteiger partial charge is 0.287 e. The molecule has 1 aliphatic rings. The van der Waals surface area contributed by atoms with Gasteiger partial charge in [0.1, 0.15) is 5.69 Å².